The highest BCUT2D eigenvalue weighted by molar-refractivity contribution is 5.88. The molecule has 0 aliphatic heterocycles. The molecule has 0 aliphatic carbocycles. The van der Waals surface area contributed by atoms with Gasteiger partial charge in [0.1, 0.15) is 11.2 Å². The van der Waals surface area contributed by atoms with Gasteiger partial charge in [0, 0.05) is 24.7 Å². The van der Waals surface area contributed by atoms with Gasteiger partial charge < -0.3 is 9.47 Å². The maximum Gasteiger partial charge on any atom is 0.414 e. The molecule has 0 bridgehead atoms. The van der Waals surface area contributed by atoms with E-state index >= 15 is 0 Å². The first kappa shape index (κ1) is 24.7. The molecule has 0 fully saturated rings. The van der Waals surface area contributed by atoms with Gasteiger partial charge in [0.25, 0.3) is 0 Å². The van der Waals surface area contributed by atoms with Crippen molar-refractivity contribution in [3.05, 3.63) is 60.3 Å². The zero-order chi connectivity index (χ0) is 24.2. The molecule has 1 amide bonds. The van der Waals surface area contributed by atoms with Crippen LogP contribution in [0.25, 0.3) is 22.0 Å². The van der Waals surface area contributed by atoms with Crippen LogP contribution in [-0.4, -0.2) is 30.3 Å². The lowest BCUT2D eigenvalue weighted by Gasteiger charge is -2.25. The highest BCUT2D eigenvalue weighted by atomic mass is 16.6. The molecule has 0 radical (unpaired) electrons. The minimum atomic E-state index is -0.527. The molecule has 2 aromatic carbocycles. The van der Waals surface area contributed by atoms with Crippen LogP contribution in [0.3, 0.4) is 0 Å². The predicted molar refractivity (Wildman–Crippen MR) is 136 cm³/mol. The van der Waals surface area contributed by atoms with Crippen molar-refractivity contribution >= 4 is 22.7 Å². The number of ether oxygens (including phenoxy) is 2. The van der Waals surface area contributed by atoms with Crippen LogP contribution in [0.1, 0.15) is 60.1 Å². The molecule has 3 rings (SSSR count). The number of pyridine rings is 1. The molecule has 1 aromatic heterocycles. The number of fused-ring (bicyclic) bond motifs is 1. The molecule has 176 valence electrons. The molecule has 0 saturated heterocycles. The Morgan fingerprint density at radius 2 is 1.61 bits per heavy atom. The summed E-state index contributed by atoms with van der Waals surface area (Å²) in [6.45, 7) is 12.6. The fourth-order valence-electron chi connectivity index (χ4n) is 3.50. The third kappa shape index (κ3) is 6.32. The Balaban J connectivity index is 1.78. The average molecular weight is 449 g/mol. The number of carbonyl (C=O) groups excluding carboxylic acids is 1. The first-order valence-electron chi connectivity index (χ1n) is 11.6. The standard InChI is InChI=1S/C28H36N2O3/c1-8-9-18-32-28(5,6)25-17-13-22-19-21(12-16-24(22)29-25)20-10-14-23(15-11-20)30(7)26(31)33-27(2,3)4/h10-17,19H,8-9,18H2,1-7H3. The Bertz CT molecular complexity index is 1100. The topological polar surface area (TPSA) is 51.7 Å². The lowest BCUT2D eigenvalue weighted by atomic mass is 10.00. The minimum Gasteiger partial charge on any atom is -0.443 e. The van der Waals surface area contributed by atoms with E-state index in [4.69, 9.17) is 14.5 Å². The van der Waals surface area contributed by atoms with Gasteiger partial charge in [-0.15, -0.1) is 0 Å². The molecule has 0 aliphatic rings. The third-order valence-electron chi connectivity index (χ3n) is 5.52. The number of anilines is 1. The molecule has 0 saturated carbocycles. The van der Waals surface area contributed by atoms with Gasteiger partial charge in [0.05, 0.1) is 11.2 Å². The Kier molecular flexibility index (Phi) is 7.43. The van der Waals surface area contributed by atoms with Gasteiger partial charge in [-0.1, -0.05) is 37.6 Å². The van der Waals surface area contributed by atoms with Crippen molar-refractivity contribution in [2.24, 2.45) is 0 Å². The number of hydrogen-bond donors (Lipinski definition) is 0. The van der Waals surface area contributed by atoms with E-state index in [2.05, 4.69) is 51.1 Å². The molecular formula is C28H36N2O3. The largest absolute Gasteiger partial charge is 0.443 e. The van der Waals surface area contributed by atoms with Crippen molar-refractivity contribution in [1.29, 1.82) is 0 Å². The number of nitrogens with zero attached hydrogens (tertiary/aromatic N) is 2. The summed E-state index contributed by atoms with van der Waals surface area (Å²) < 4.78 is 11.5. The van der Waals surface area contributed by atoms with Crippen molar-refractivity contribution in [2.45, 2.75) is 65.6 Å². The highest BCUT2D eigenvalue weighted by Crippen LogP contribution is 2.29. The maximum absolute atomic E-state index is 12.3. The van der Waals surface area contributed by atoms with E-state index in [9.17, 15) is 4.79 Å². The number of rotatable bonds is 7. The van der Waals surface area contributed by atoms with Gasteiger partial charge in [-0.3, -0.25) is 4.90 Å². The van der Waals surface area contributed by atoms with Gasteiger partial charge in [-0.05, 0) is 82.5 Å². The van der Waals surface area contributed by atoms with E-state index < -0.39 is 11.2 Å². The number of carbonyl (C=O) groups is 1. The Labute approximate surface area is 197 Å². The number of hydrogen-bond acceptors (Lipinski definition) is 4. The summed E-state index contributed by atoms with van der Waals surface area (Å²) in [5.41, 5.74) is 3.90. The van der Waals surface area contributed by atoms with Crippen LogP contribution < -0.4 is 4.90 Å². The first-order valence-corrected chi connectivity index (χ1v) is 11.6. The zero-order valence-corrected chi connectivity index (χ0v) is 20.9. The number of benzene rings is 2. The van der Waals surface area contributed by atoms with Crippen LogP contribution in [0.2, 0.25) is 0 Å². The second-order valence-corrected chi connectivity index (χ2v) is 9.90. The molecule has 33 heavy (non-hydrogen) atoms. The van der Waals surface area contributed by atoms with Crippen LogP contribution in [-0.2, 0) is 15.1 Å². The molecular weight excluding hydrogens is 412 g/mol. The lowest BCUT2D eigenvalue weighted by molar-refractivity contribution is -0.0258. The molecule has 5 nitrogen and oxygen atoms in total. The van der Waals surface area contributed by atoms with E-state index in [1.165, 1.54) is 4.90 Å². The quantitative estimate of drug-likeness (QED) is 0.355. The van der Waals surface area contributed by atoms with Crippen LogP contribution in [0.15, 0.2) is 54.6 Å². The van der Waals surface area contributed by atoms with Crippen molar-refractivity contribution < 1.29 is 14.3 Å². The summed E-state index contributed by atoms with van der Waals surface area (Å²) in [4.78, 5) is 18.7. The van der Waals surface area contributed by atoms with Gasteiger partial charge >= 0.3 is 6.09 Å². The molecule has 3 aromatic rings. The first-order chi connectivity index (χ1) is 15.5. The summed E-state index contributed by atoms with van der Waals surface area (Å²) in [5, 5.41) is 1.08. The fourth-order valence-corrected chi connectivity index (χ4v) is 3.50. The Morgan fingerprint density at radius 3 is 2.24 bits per heavy atom. The van der Waals surface area contributed by atoms with Gasteiger partial charge in [0.15, 0.2) is 0 Å². The summed E-state index contributed by atoms with van der Waals surface area (Å²) in [6.07, 6.45) is 1.79. The lowest BCUT2D eigenvalue weighted by Crippen LogP contribution is -2.34. The number of unbranched alkanes of at least 4 members (excludes halogenated alkanes) is 1. The van der Waals surface area contributed by atoms with Gasteiger partial charge in [-0.25, -0.2) is 9.78 Å². The van der Waals surface area contributed by atoms with E-state index in [1.807, 2.05) is 45.0 Å². The molecule has 0 spiro atoms. The monoisotopic (exact) mass is 448 g/mol. The summed E-state index contributed by atoms with van der Waals surface area (Å²) >= 11 is 0. The second-order valence-electron chi connectivity index (χ2n) is 9.90. The molecule has 1 heterocycles. The van der Waals surface area contributed by atoms with Gasteiger partial charge in [0.2, 0.25) is 0 Å². The fraction of sp³-hybridized carbons (Fsp3) is 0.429. The van der Waals surface area contributed by atoms with E-state index in [-0.39, 0.29) is 6.09 Å². The van der Waals surface area contributed by atoms with Crippen molar-refractivity contribution in [1.82, 2.24) is 4.98 Å². The van der Waals surface area contributed by atoms with Crippen LogP contribution in [0.5, 0.6) is 0 Å². The van der Waals surface area contributed by atoms with Crippen LogP contribution in [0, 0.1) is 0 Å². The SMILES string of the molecule is CCCCOC(C)(C)c1ccc2cc(-c3ccc(N(C)C(=O)OC(C)(C)C)cc3)ccc2n1. The molecule has 0 unspecified atom stereocenters. The maximum atomic E-state index is 12.3. The molecule has 5 heteroatoms. The van der Waals surface area contributed by atoms with E-state index in [0.29, 0.717) is 0 Å². The minimum absolute atomic E-state index is 0.371. The van der Waals surface area contributed by atoms with E-state index in [1.54, 1.807) is 7.05 Å². The Morgan fingerprint density at radius 1 is 0.939 bits per heavy atom. The van der Waals surface area contributed by atoms with Crippen molar-refractivity contribution in [3.63, 3.8) is 0 Å². The molecule has 0 N–H and O–H groups in total. The third-order valence-corrected chi connectivity index (χ3v) is 5.52. The van der Waals surface area contributed by atoms with E-state index in [0.717, 1.165) is 52.9 Å². The van der Waals surface area contributed by atoms with Gasteiger partial charge in [-0.2, -0.15) is 0 Å². The number of aromatic nitrogens is 1. The van der Waals surface area contributed by atoms with Crippen molar-refractivity contribution in [2.75, 3.05) is 18.6 Å². The summed E-state index contributed by atoms with van der Waals surface area (Å²) in [5.74, 6) is 0. The summed E-state index contributed by atoms with van der Waals surface area (Å²) in [6, 6.07) is 18.3. The predicted octanol–water partition coefficient (Wildman–Crippen LogP) is 7.32. The Hall–Kier alpha value is -2.92. The molecule has 0 atom stereocenters. The average Bonchev–Trinajstić information content (AvgIpc) is 2.77. The summed E-state index contributed by atoms with van der Waals surface area (Å²) in [7, 11) is 1.72. The van der Waals surface area contributed by atoms with Crippen LogP contribution in [0.4, 0.5) is 10.5 Å². The highest BCUT2D eigenvalue weighted by Gasteiger charge is 2.23. The number of amides is 1. The van der Waals surface area contributed by atoms with Crippen LogP contribution >= 0.6 is 0 Å². The zero-order valence-electron chi connectivity index (χ0n) is 20.9. The van der Waals surface area contributed by atoms with Crippen molar-refractivity contribution in [3.8, 4) is 11.1 Å². The normalized spacial score (nSPS) is 12.1. The smallest absolute Gasteiger partial charge is 0.414 e. The second kappa shape index (κ2) is 9.92.